The minimum atomic E-state index is -0.598. The summed E-state index contributed by atoms with van der Waals surface area (Å²) in [6.07, 6.45) is 1.48. The van der Waals surface area contributed by atoms with Gasteiger partial charge in [0.25, 0.3) is 0 Å². The van der Waals surface area contributed by atoms with Crippen molar-refractivity contribution in [3.63, 3.8) is 0 Å². The van der Waals surface area contributed by atoms with Gasteiger partial charge >= 0.3 is 5.97 Å². The normalized spacial score (nSPS) is 13.5. The molecule has 0 bridgehead atoms. The van der Waals surface area contributed by atoms with Gasteiger partial charge < -0.3 is 14.6 Å². The molecular formula is C16H13NO3S. The van der Waals surface area contributed by atoms with Gasteiger partial charge in [0.1, 0.15) is 6.61 Å². The van der Waals surface area contributed by atoms with Gasteiger partial charge in [0.05, 0.1) is 0 Å². The standard InChI is InChI=1S/C16H13NO3S/c1-2-9-20-16(19)13-14(18)12-8-7-10-5-3-4-6-11(10)15(12)21-17-13/h2-8,17-18H,1,9H2. The lowest BCUT2D eigenvalue weighted by Gasteiger charge is -2.20. The summed E-state index contributed by atoms with van der Waals surface area (Å²) in [5.41, 5.74) is 0.688. The topological polar surface area (TPSA) is 58.6 Å². The largest absolute Gasteiger partial charge is 0.505 e. The maximum Gasteiger partial charge on any atom is 0.359 e. The number of ether oxygens (including phenoxy) is 1. The highest BCUT2D eigenvalue weighted by atomic mass is 32.2. The molecule has 0 radical (unpaired) electrons. The van der Waals surface area contributed by atoms with Crippen molar-refractivity contribution >= 4 is 34.4 Å². The van der Waals surface area contributed by atoms with Gasteiger partial charge in [-0.25, -0.2) is 4.79 Å². The number of hydrogen-bond acceptors (Lipinski definition) is 5. The molecule has 1 aliphatic heterocycles. The van der Waals surface area contributed by atoms with Crippen LogP contribution in [0, 0.1) is 0 Å². The minimum absolute atomic E-state index is 0.0598. The van der Waals surface area contributed by atoms with Crippen LogP contribution in [-0.4, -0.2) is 17.7 Å². The number of esters is 1. The maximum absolute atomic E-state index is 11.9. The molecule has 1 heterocycles. The van der Waals surface area contributed by atoms with Crippen LogP contribution in [0.15, 0.2) is 59.6 Å². The van der Waals surface area contributed by atoms with E-state index in [0.29, 0.717) is 5.56 Å². The number of aliphatic hydroxyl groups is 1. The summed E-state index contributed by atoms with van der Waals surface area (Å²) in [6, 6.07) is 11.6. The molecule has 0 unspecified atom stereocenters. The van der Waals surface area contributed by atoms with Gasteiger partial charge in [-0.05, 0) is 28.8 Å². The average molecular weight is 299 g/mol. The molecule has 0 fully saturated rings. The summed E-state index contributed by atoms with van der Waals surface area (Å²) >= 11 is 1.30. The lowest BCUT2D eigenvalue weighted by Crippen LogP contribution is -2.22. The van der Waals surface area contributed by atoms with Crippen LogP contribution in [-0.2, 0) is 9.53 Å². The molecule has 0 aliphatic carbocycles. The summed E-state index contributed by atoms with van der Waals surface area (Å²) in [6.45, 7) is 3.59. The Morgan fingerprint density at radius 3 is 2.95 bits per heavy atom. The van der Waals surface area contributed by atoms with Crippen molar-refractivity contribution in [2.75, 3.05) is 6.61 Å². The van der Waals surface area contributed by atoms with E-state index in [1.807, 2.05) is 36.4 Å². The number of nitrogens with one attached hydrogen (secondary N) is 1. The highest BCUT2D eigenvalue weighted by Crippen LogP contribution is 2.38. The Labute approximate surface area is 126 Å². The molecule has 3 rings (SSSR count). The summed E-state index contributed by atoms with van der Waals surface area (Å²) in [7, 11) is 0. The average Bonchev–Trinajstić information content (AvgIpc) is 2.52. The van der Waals surface area contributed by atoms with E-state index in [1.165, 1.54) is 18.0 Å². The number of carbonyl (C=O) groups excluding carboxylic acids is 1. The SMILES string of the molecule is C=CCOC(=O)C1=C(O)c2ccc3ccccc3c2SN1. The van der Waals surface area contributed by atoms with Gasteiger partial charge in [-0.2, -0.15) is 0 Å². The van der Waals surface area contributed by atoms with Crippen LogP contribution >= 0.6 is 11.9 Å². The third kappa shape index (κ3) is 2.36. The van der Waals surface area contributed by atoms with Gasteiger partial charge in [-0.15, -0.1) is 0 Å². The molecule has 2 aromatic rings. The number of fused-ring (bicyclic) bond motifs is 3. The third-order valence-electron chi connectivity index (χ3n) is 3.16. The fraction of sp³-hybridized carbons (Fsp3) is 0.0625. The van der Waals surface area contributed by atoms with Crippen LogP contribution in [0.25, 0.3) is 16.5 Å². The number of hydrogen-bond donors (Lipinski definition) is 2. The molecule has 2 N–H and O–H groups in total. The summed E-state index contributed by atoms with van der Waals surface area (Å²) in [5.74, 6) is -0.692. The molecule has 0 spiro atoms. The van der Waals surface area contributed by atoms with Gasteiger partial charge in [0.15, 0.2) is 11.5 Å². The van der Waals surface area contributed by atoms with Gasteiger partial charge in [-0.3, -0.25) is 0 Å². The monoisotopic (exact) mass is 299 g/mol. The van der Waals surface area contributed by atoms with Crippen LogP contribution in [0.5, 0.6) is 0 Å². The van der Waals surface area contributed by atoms with E-state index in [-0.39, 0.29) is 18.1 Å². The van der Waals surface area contributed by atoms with Crippen molar-refractivity contribution in [3.8, 4) is 0 Å². The molecule has 0 atom stereocenters. The molecule has 0 saturated heterocycles. The van der Waals surface area contributed by atoms with E-state index in [0.717, 1.165) is 15.7 Å². The van der Waals surface area contributed by atoms with E-state index in [9.17, 15) is 9.90 Å². The minimum Gasteiger partial charge on any atom is -0.505 e. The first-order chi connectivity index (χ1) is 10.2. The Morgan fingerprint density at radius 1 is 1.33 bits per heavy atom. The van der Waals surface area contributed by atoms with Gasteiger partial charge in [-0.1, -0.05) is 43.0 Å². The second-order valence-electron chi connectivity index (χ2n) is 4.48. The lowest BCUT2D eigenvalue weighted by molar-refractivity contribution is -0.138. The van der Waals surface area contributed by atoms with Gasteiger partial charge in [0.2, 0.25) is 0 Å². The molecule has 21 heavy (non-hydrogen) atoms. The van der Waals surface area contributed by atoms with Crippen molar-refractivity contribution in [2.24, 2.45) is 0 Å². The predicted octanol–water partition coefficient (Wildman–Crippen LogP) is 3.41. The van der Waals surface area contributed by atoms with Crippen molar-refractivity contribution in [1.29, 1.82) is 0 Å². The first kappa shape index (κ1) is 13.6. The Balaban J connectivity index is 2.07. The molecule has 4 nitrogen and oxygen atoms in total. The van der Waals surface area contributed by atoms with E-state index in [4.69, 9.17) is 4.74 Å². The fourth-order valence-electron chi connectivity index (χ4n) is 2.17. The Morgan fingerprint density at radius 2 is 2.14 bits per heavy atom. The molecule has 0 amide bonds. The Bertz CT molecular complexity index is 767. The zero-order chi connectivity index (χ0) is 14.8. The molecule has 5 heteroatoms. The van der Waals surface area contributed by atoms with Crippen LogP contribution in [0.2, 0.25) is 0 Å². The van der Waals surface area contributed by atoms with E-state index in [1.54, 1.807) is 0 Å². The van der Waals surface area contributed by atoms with E-state index >= 15 is 0 Å². The number of rotatable bonds is 3. The zero-order valence-electron chi connectivity index (χ0n) is 11.1. The quantitative estimate of drug-likeness (QED) is 0.517. The zero-order valence-corrected chi connectivity index (χ0v) is 11.9. The van der Waals surface area contributed by atoms with E-state index < -0.39 is 5.97 Å². The molecule has 106 valence electrons. The third-order valence-corrected chi connectivity index (χ3v) is 4.11. The number of benzene rings is 2. The van der Waals surface area contributed by atoms with E-state index in [2.05, 4.69) is 11.3 Å². The van der Waals surface area contributed by atoms with Crippen molar-refractivity contribution < 1.29 is 14.6 Å². The molecule has 0 saturated carbocycles. The first-order valence-corrected chi connectivity index (χ1v) is 7.20. The molecular weight excluding hydrogens is 286 g/mol. The predicted molar refractivity (Wildman–Crippen MR) is 83.6 cm³/mol. The molecule has 0 aromatic heterocycles. The van der Waals surface area contributed by atoms with Gasteiger partial charge in [0, 0.05) is 10.5 Å². The summed E-state index contributed by atoms with van der Waals surface area (Å²) < 4.78 is 7.82. The highest BCUT2D eigenvalue weighted by Gasteiger charge is 2.26. The van der Waals surface area contributed by atoms with Crippen LogP contribution < -0.4 is 4.72 Å². The molecule has 2 aromatic carbocycles. The van der Waals surface area contributed by atoms with Crippen molar-refractivity contribution in [1.82, 2.24) is 4.72 Å². The first-order valence-electron chi connectivity index (χ1n) is 6.38. The second-order valence-corrected chi connectivity index (χ2v) is 5.29. The maximum atomic E-state index is 11.9. The lowest BCUT2D eigenvalue weighted by atomic mass is 10.0. The second kappa shape index (κ2) is 5.54. The van der Waals surface area contributed by atoms with Crippen molar-refractivity contribution in [2.45, 2.75) is 4.90 Å². The van der Waals surface area contributed by atoms with Crippen LogP contribution in [0.4, 0.5) is 0 Å². The Kier molecular flexibility index (Phi) is 3.58. The summed E-state index contributed by atoms with van der Waals surface area (Å²) in [5, 5.41) is 12.4. The number of aliphatic hydroxyl groups excluding tert-OH is 1. The molecule has 1 aliphatic rings. The summed E-state index contributed by atoms with van der Waals surface area (Å²) in [4.78, 5) is 12.8. The van der Waals surface area contributed by atoms with Crippen LogP contribution in [0.1, 0.15) is 5.56 Å². The fourth-order valence-corrected chi connectivity index (χ4v) is 3.12. The van der Waals surface area contributed by atoms with Crippen LogP contribution in [0.3, 0.4) is 0 Å². The van der Waals surface area contributed by atoms with Crippen molar-refractivity contribution in [3.05, 3.63) is 60.3 Å². The Hall–Kier alpha value is -2.40. The highest BCUT2D eigenvalue weighted by molar-refractivity contribution is 7.98. The number of carbonyl (C=O) groups is 1. The smallest absolute Gasteiger partial charge is 0.359 e.